The summed E-state index contributed by atoms with van der Waals surface area (Å²) in [5.41, 5.74) is 7.25. The summed E-state index contributed by atoms with van der Waals surface area (Å²) in [6, 6.07) is 1.89. The van der Waals surface area contributed by atoms with Crippen LogP contribution < -0.4 is 10.5 Å². The molecular formula is C12H17N3O. The fourth-order valence-electron chi connectivity index (χ4n) is 3.24. The summed E-state index contributed by atoms with van der Waals surface area (Å²) in [7, 11) is 1.62. The molecule has 0 aliphatic heterocycles. The molecule has 0 aromatic carbocycles. The minimum absolute atomic E-state index is 0.202. The normalized spacial score (nSPS) is 36.6. The molecule has 4 nitrogen and oxygen atoms in total. The standard InChI is InChI=1S/C12H17N3O/c1-16-11-6-10(14-7-15-11)12(13)8-4-2-3-5-9(8)12/h6-9H,2-5,13H2,1H3. The molecular weight excluding hydrogens is 202 g/mol. The highest BCUT2D eigenvalue weighted by Gasteiger charge is 2.63. The molecule has 4 heteroatoms. The summed E-state index contributed by atoms with van der Waals surface area (Å²) in [5.74, 6) is 1.86. The molecule has 2 saturated carbocycles. The van der Waals surface area contributed by atoms with Gasteiger partial charge in [-0.1, -0.05) is 12.8 Å². The van der Waals surface area contributed by atoms with Gasteiger partial charge in [-0.25, -0.2) is 9.97 Å². The SMILES string of the molecule is COc1cc(C2(N)C3CCCCC32)ncn1. The maximum absolute atomic E-state index is 6.50. The van der Waals surface area contributed by atoms with Crippen LogP contribution in [-0.2, 0) is 5.54 Å². The maximum atomic E-state index is 6.50. The Hall–Kier alpha value is -1.16. The monoisotopic (exact) mass is 219 g/mol. The molecule has 2 atom stereocenters. The zero-order valence-electron chi connectivity index (χ0n) is 9.52. The Balaban J connectivity index is 1.92. The van der Waals surface area contributed by atoms with Gasteiger partial charge in [0.2, 0.25) is 5.88 Å². The summed E-state index contributed by atoms with van der Waals surface area (Å²) < 4.78 is 5.12. The predicted octanol–water partition coefficient (Wildman–Crippen LogP) is 1.46. The van der Waals surface area contributed by atoms with Gasteiger partial charge in [0.15, 0.2) is 0 Å². The molecule has 1 aromatic heterocycles. The van der Waals surface area contributed by atoms with Crippen LogP contribution >= 0.6 is 0 Å². The molecule has 86 valence electrons. The molecule has 1 aromatic rings. The molecule has 3 rings (SSSR count). The van der Waals surface area contributed by atoms with E-state index in [1.54, 1.807) is 13.4 Å². The Morgan fingerprint density at radius 3 is 2.62 bits per heavy atom. The number of hydrogen-bond donors (Lipinski definition) is 1. The molecule has 2 fully saturated rings. The van der Waals surface area contributed by atoms with Crippen molar-refractivity contribution in [3.05, 3.63) is 18.1 Å². The summed E-state index contributed by atoms with van der Waals surface area (Å²) in [6.45, 7) is 0. The lowest BCUT2D eigenvalue weighted by Crippen LogP contribution is -2.25. The zero-order chi connectivity index (χ0) is 11.2. The lowest BCUT2D eigenvalue weighted by atomic mass is 10.0. The first kappa shape index (κ1) is 10.0. The van der Waals surface area contributed by atoms with E-state index < -0.39 is 0 Å². The average molecular weight is 219 g/mol. The Bertz CT molecular complexity index is 395. The Morgan fingerprint density at radius 2 is 2.00 bits per heavy atom. The van der Waals surface area contributed by atoms with Gasteiger partial charge in [-0.05, 0) is 24.7 Å². The first-order valence-corrected chi connectivity index (χ1v) is 5.92. The molecule has 2 unspecified atom stereocenters. The molecule has 0 bridgehead atoms. The van der Waals surface area contributed by atoms with Gasteiger partial charge in [-0.15, -0.1) is 0 Å². The van der Waals surface area contributed by atoms with Crippen LogP contribution in [-0.4, -0.2) is 17.1 Å². The van der Waals surface area contributed by atoms with Crippen LogP contribution in [0.1, 0.15) is 31.4 Å². The fraction of sp³-hybridized carbons (Fsp3) is 0.667. The topological polar surface area (TPSA) is 61.0 Å². The van der Waals surface area contributed by atoms with E-state index in [1.807, 2.05) is 6.07 Å². The van der Waals surface area contributed by atoms with Gasteiger partial charge in [0.1, 0.15) is 6.33 Å². The number of nitrogens with zero attached hydrogens (tertiary/aromatic N) is 2. The van der Waals surface area contributed by atoms with E-state index in [2.05, 4.69) is 9.97 Å². The third-order valence-electron chi connectivity index (χ3n) is 4.18. The van der Waals surface area contributed by atoms with Gasteiger partial charge in [-0.3, -0.25) is 0 Å². The molecule has 0 radical (unpaired) electrons. The first-order chi connectivity index (χ1) is 7.76. The Kier molecular flexibility index (Phi) is 2.14. The predicted molar refractivity (Wildman–Crippen MR) is 59.9 cm³/mol. The van der Waals surface area contributed by atoms with Crippen LogP contribution in [0.25, 0.3) is 0 Å². The molecule has 0 saturated heterocycles. The number of methoxy groups -OCH3 is 1. The van der Waals surface area contributed by atoms with E-state index in [9.17, 15) is 0 Å². The van der Waals surface area contributed by atoms with Crippen molar-refractivity contribution in [3.63, 3.8) is 0 Å². The molecule has 1 heterocycles. The van der Waals surface area contributed by atoms with Crippen molar-refractivity contribution >= 4 is 0 Å². The largest absolute Gasteiger partial charge is 0.481 e. The zero-order valence-corrected chi connectivity index (χ0v) is 9.52. The molecule has 0 amide bonds. The van der Waals surface area contributed by atoms with Crippen LogP contribution in [0, 0.1) is 11.8 Å². The van der Waals surface area contributed by atoms with Gasteiger partial charge < -0.3 is 10.5 Å². The smallest absolute Gasteiger partial charge is 0.216 e. The van der Waals surface area contributed by atoms with E-state index in [1.165, 1.54) is 25.7 Å². The van der Waals surface area contributed by atoms with Crippen LogP contribution in [0.15, 0.2) is 12.4 Å². The molecule has 0 spiro atoms. The molecule has 16 heavy (non-hydrogen) atoms. The maximum Gasteiger partial charge on any atom is 0.216 e. The number of aromatic nitrogens is 2. The van der Waals surface area contributed by atoms with E-state index >= 15 is 0 Å². The second-order valence-corrected chi connectivity index (χ2v) is 4.88. The third-order valence-corrected chi connectivity index (χ3v) is 4.18. The van der Waals surface area contributed by atoms with Gasteiger partial charge in [0.25, 0.3) is 0 Å². The summed E-state index contributed by atoms with van der Waals surface area (Å²) in [6.07, 6.45) is 6.65. The van der Waals surface area contributed by atoms with Gasteiger partial charge in [-0.2, -0.15) is 0 Å². The van der Waals surface area contributed by atoms with Gasteiger partial charge in [0.05, 0.1) is 18.3 Å². The highest BCUT2D eigenvalue weighted by Crippen LogP contribution is 2.62. The van der Waals surface area contributed by atoms with Crippen molar-refractivity contribution in [3.8, 4) is 5.88 Å². The molecule has 2 aliphatic rings. The number of nitrogens with two attached hydrogens (primary N) is 1. The Morgan fingerprint density at radius 1 is 1.31 bits per heavy atom. The second-order valence-electron chi connectivity index (χ2n) is 4.88. The summed E-state index contributed by atoms with van der Waals surface area (Å²) >= 11 is 0. The van der Waals surface area contributed by atoms with Crippen molar-refractivity contribution in [2.45, 2.75) is 31.2 Å². The average Bonchev–Trinajstić information content (AvgIpc) is 2.98. The molecule has 2 N–H and O–H groups in total. The van der Waals surface area contributed by atoms with Crippen molar-refractivity contribution in [1.29, 1.82) is 0 Å². The quantitative estimate of drug-likeness (QED) is 0.818. The van der Waals surface area contributed by atoms with Crippen molar-refractivity contribution in [2.75, 3.05) is 7.11 Å². The number of hydrogen-bond acceptors (Lipinski definition) is 4. The Labute approximate surface area is 95.2 Å². The van der Waals surface area contributed by atoms with E-state index in [-0.39, 0.29) is 5.54 Å². The number of ether oxygens (including phenoxy) is 1. The summed E-state index contributed by atoms with van der Waals surface area (Å²) in [5, 5.41) is 0. The minimum atomic E-state index is -0.202. The van der Waals surface area contributed by atoms with Crippen molar-refractivity contribution < 1.29 is 4.74 Å². The summed E-state index contributed by atoms with van der Waals surface area (Å²) in [4.78, 5) is 8.36. The van der Waals surface area contributed by atoms with Crippen molar-refractivity contribution in [1.82, 2.24) is 9.97 Å². The van der Waals surface area contributed by atoms with Crippen LogP contribution in [0.2, 0.25) is 0 Å². The highest BCUT2D eigenvalue weighted by molar-refractivity contribution is 5.32. The number of rotatable bonds is 2. The molecule has 2 aliphatic carbocycles. The lowest BCUT2D eigenvalue weighted by molar-refractivity contribution is 0.394. The van der Waals surface area contributed by atoms with Gasteiger partial charge >= 0.3 is 0 Å². The lowest BCUT2D eigenvalue weighted by Gasteiger charge is -2.11. The van der Waals surface area contributed by atoms with Crippen LogP contribution in [0.3, 0.4) is 0 Å². The number of fused-ring (bicyclic) bond motifs is 1. The highest BCUT2D eigenvalue weighted by atomic mass is 16.5. The van der Waals surface area contributed by atoms with Crippen LogP contribution in [0.5, 0.6) is 5.88 Å². The third kappa shape index (κ3) is 1.26. The minimum Gasteiger partial charge on any atom is -0.481 e. The van der Waals surface area contributed by atoms with Crippen molar-refractivity contribution in [2.24, 2.45) is 17.6 Å². The first-order valence-electron chi connectivity index (χ1n) is 5.92. The van der Waals surface area contributed by atoms with E-state index in [4.69, 9.17) is 10.5 Å². The fourth-order valence-corrected chi connectivity index (χ4v) is 3.24. The van der Waals surface area contributed by atoms with Crippen LogP contribution in [0.4, 0.5) is 0 Å². The van der Waals surface area contributed by atoms with E-state index in [0.29, 0.717) is 17.7 Å². The van der Waals surface area contributed by atoms with Gasteiger partial charge in [0, 0.05) is 6.07 Å². The van der Waals surface area contributed by atoms with E-state index in [0.717, 1.165) is 5.69 Å². The second kappa shape index (κ2) is 3.42.